The van der Waals surface area contributed by atoms with Gasteiger partial charge in [0.15, 0.2) is 5.96 Å². The standard InChI is InChI=1S/C22H35N5O2.HI/c1-5-24-20(28)22(2,3)16-25-21(23-4)27-14-18-19(15-27)29-12-11-26(18)13-17-9-7-6-8-10-17;/h6-10,18-19H,5,11-16H2,1-4H3,(H,23,25)(H,24,28);1H. The number of fused-ring (bicyclic) bond motifs is 1. The molecular formula is C22H36IN5O2. The fraction of sp³-hybridized carbons (Fsp3) is 0.636. The largest absolute Gasteiger partial charge is 0.373 e. The van der Waals surface area contributed by atoms with E-state index in [9.17, 15) is 4.79 Å². The molecule has 2 aliphatic rings. The van der Waals surface area contributed by atoms with E-state index in [2.05, 4.69) is 55.8 Å². The van der Waals surface area contributed by atoms with E-state index in [0.717, 1.165) is 38.7 Å². The Kier molecular flexibility index (Phi) is 9.36. The van der Waals surface area contributed by atoms with Gasteiger partial charge in [-0.25, -0.2) is 0 Å². The number of halogens is 1. The summed E-state index contributed by atoms with van der Waals surface area (Å²) in [6, 6.07) is 11.0. The molecule has 8 heteroatoms. The fourth-order valence-corrected chi connectivity index (χ4v) is 4.06. The molecule has 1 aromatic rings. The minimum atomic E-state index is -0.506. The van der Waals surface area contributed by atoms with Crippen molar-refractivity contribution >= 4 is 35.8 Å². The van der Waals surface area contributed by atoms with Gasteiger partial charge in [0.05, 0.1) is 24.2 Å². The van der Waals surface area contributed by atoms with Gasteiger partial charge in [-0.1, -0.05) is 30.3 Å². The average Bonchev–Trinajstić information content (AvgIpc) is 3.14. The van der Waals surface area contributed by atoms with Gasteiger partial charge >= 0.3 is 0 Å². The van der Waals surface area contributed by atoms with Crippen LogP contribution in [-0.4, -0.2) is 80.2 Å². The number of morpholine rings is 1. The van der Waals surface area contributed by atoms with Crippen LogP contribution in [0.3, 0.4) is 0 Å². The smallest absolute Gasteiger partial charge is 0.227 e. The summed E-state index contributed by atoms with van der Waals surface area (Å²) in [7, 11) is 1.80. The number of carbonyl (C=O) groups excluding carboxylic acids is 1. The molecule has 0 saturated carbocycles. The van der Waals surface area contributed by atoms with Crippen LogP contribution in [-0.2, 0) is 16.1 Å². The van der Waals surface area contributed by atoms with Gasteiger partial charge in [0, 0.05) is 46.3 Å². The monoisotopic (exact) mass is 529 g/mol. The zero-order valence-corrected chi connectivity index (χ0v) is 20.9. The van der Waals surface area contributed by atoms with Crippen LogP contribution < -0.4 is 10.6 Å². The lowest BCUT2D eigenvalue weighted by Gasteiger charge is -2.36. The highest BCUT2D eigenvalue weighted by Crippen LogP contribution is 2.25. The molecule has 1 amide bonds. The molecule has 2 atom stereocenters. The van der Waals surface area contributed by atoms with Gasteiger partial charge in [0.2, 0.25) is 5.91 Å². The van der Waals surface area contributed by atoms with E-state index in [1.54, 1.807) is 7.05 Å². The van der Waals surface area contributed by atoms with E-state index in [1.807, 2.05) is 20.8 Å². The molecule has 168 valence electrons. The number of carbonyl (C=O) groups is 1. The van der Waals surface area contributed by atoms with Crippen LogP contribution in [0.4, 0.5) is 0 Å². The van der Waals surface area contributed by atoms with E-state index < -0.39 is 5.41 Å². The van der Waals surface area contributed by atoms with Crippen LogP contribution in [0.2, 0.25) is 0 Å². The molecule has 0 aliphatic carbocycles. The normalized spacial score (nSPS) is 22.3. The predicted octanol–water partition coefficient (Wildman–Crippen LogP) is 1.93. The maximum Gasteiger partial charge on any atom is 0.227 e. The number of benzene rings is 1. The number of nitrogens with zero attached hydrogens (tertiary/aromatic N) is 3. The molecule has 2 heterocycles. The van der Waals surface area contributed by atoms with E-state index in [1.165, 1.54) is 5.56 Å². The van der Waals surface area contributed by atoms with Crippen LogP contribution in [0.25, 0.3) is 0 Å². The van der Waals surface area contributed by atoms with Crippen LogP contribution in [0, 0.1) is 5.41 Å². The Morgan fingerprint density at radius 1 is 1.23 bits per heavy atom. The molecule has 2 saturated heterocycles. The summed E-state index contributed by atoms with van der Waals surface area (Å²) in [4.78, 5) is 21.5. The molecule has 2 unspecified atom stereocenters. The highest BCUT2D eigenvalue weighted by molar-refractivity contribution is 14.0. The Morgan fingerprint density at radius 3 is 2.63 bits per heavy atom. The van der Waals surface area contributed by atoms with Crippen LogP contribution in [0.5, 0.6) is 0 Å². The number of hydrogen-bond acceptors (Lipinski definition) is 4. The maximum atomic E-state index is 12.3. The van der Waals surface area contributed by atoms with Crippen LogP contribution in [0.15, 0.2) is 35.3 Å². The molecule has 2 N–H and O–H groups in total. The second kappa shape index (κ2) is 11.3. The molecule has 7 nitrogen and oxygen atoms in total. The second-order valence-electron chi connectivity index (χ2n) is 8.48. The number of nitrogens with one attached hydrogen (secondary N) is 2. The topological polar surface area (TPSA) is 69.2 Å². The molecule has 3 rings (SSSR count). The molecule has 30 heavy (non-hydrogen) atoms. The van der Waals surface area contributed by atoms with Crippen molar-refractivity contribution in [3.63, 3.8) is 0 Å². The summed E-state index contributed by atoms with van der Waals surface area (Å²) in [6.45, 7) is 11.4. The zero-order chi connectivity index (χ0) is 20.9. The maximum absolute atomic E-state index is 12.3. The van der Waals surface area contributed by atoms with E-state index in [-0.39, 0.29) is 36.0 Å². The van der Waals surface area contributed by atoms with Crippen molar-refractivity contribution < 1.29 is 9.53 Å². The third kappa shape index (κ3) is 6.07. The number of ether oxygens (including phenoxy) is 1. The molecule has 1 aromatic carbocycles. The third-order valence-corrected chi connectivity index (χ3v) is 5.80. The minimum Gasteiger partial charge on any atom is -0.373 e. The Morgan fingerprint density at radius 2 is 1.97 bits per heavy atom. The first-order chi connectivity index (χ1) is 13.9. The van der Waals surface area contributed by atoms with Crippen molar-refractivity contribution in [2.45, 2.75) is 39.5 Å². The third-order valence-electron chi connectivity index (χ3n) is 5.80. The lowest BCUT2D eigenvalue weighted by molar-refractivity contribution is -0.128. The number of hydrogen-bond donors (Lipinski definition) is 2. The zero-order valence-electron chi connectivity index (χ0n) is 18.6. The molecule has 0 radical (unpaired) electrons. The van der Waals surface area contributed by atoms with Crippen molar-refractivity contribution in [3.8, 4) is 0 Å². The summed E-state index contributed by atoms with van der Waals surface area (Å²) in [5.74, 6) is 0.885. The fourth-order valence-electron chi connectivity index (χ4n) is 4.06. The first kappa shape index (κ1) is 24.9. The number of amides is 1. The Labute approximate surface area is 197 Å². The van der Waals surface area contributed by atoms with Crippen molar-refractivity contribution in [2.24, 2.45) is 10.4 Å². The summed E-state index contributed by atoms with van der Waals surface area (Å²) in [5.41, 5.74) is 0.826. The first-order valence-electron chi connectivity index (χ1n) is 10.6. The van der Waals surface area contributed by atoms with Gasteiger partial charge in [-0.3, -0.25) is 14.7 Å². The summed E-state index contributed by atoms with van der Waals surface area (Å²) in [6.07, 6.45) is 0.183. The van der Waals surface area contributed by atoms with Crippen molar-refractivity contribution in [3.05, 3.63) is 35.9 Å². The SMILES string of the molecule is CCNC(=O)C(C)(C)CNC(=NC)N1CC2OCCN(Cc3ccccc3)C2C1.I. The van der Waals surface area contributed by atoms with Crippen molar-refractivity contribution in [2.75, 3.05) is 46.4 Å². The molecule has 0 aromatic heterocycles. The Hall–Kier alpha value is -1.39. The Balaban J connectivity index is 0.00000320. The van der Waals surface area contributed by atoms with Crippen molar-refractivity contribution in [1.82, 2.24) is 20.4 Å². The van der Waals surface area contributed by atoms with Gasteiger partial charge in [-0.05, 0) is 26.3 Å². The quantitative estimate of drug-likeness (QED) is 0.335. The minimum absolute atomic E-state index is 0. The highest BCUT2D eigenvalue weighted by atomic mass is 127. The van der Waals surface area contributed by atoms with Crippen molar-refractivity contribution in [1.29, 1.82) is 0 Å². The van der Waals surface area contributed by atoms with Gasteiger partial charge in [0.25, 0.3) is 0 Å². The Bertz CT molecular complexity index is 713. The molecule has 2 fully saturated rings. The molecular weight excluding hydrogens is 493 g/mol. The second-order valence-corrected chi connectivity index (χ2v) is 8.48. The van der Waals surface area contributed by atoms with Crippen LogP contribution in [0.1, 0.15) is 26.3 Å². The lowest BCUT2D eigenvalue weighted by atomic mass is 9.92. The number of aliphatic imine (C=N–C) groups is 1. The molecule has 0 spiro atoms. The molecule has 0 bridgehead atoms. The number of likely N-dealkylation sites (tertiary alicyclic amines) is 1. The van der Waals surface area contributed by atoms with Gasteiger partial charge in [-0.2, -0.15) is 0 Å². The van der Waals surface area contributed by atoms with Gasteiger partial charge in [0.1, 0.15) is 0 Å². The van der Waals surface area contributed by atoms with Crippen LogP contribution >= 0.6 is 24.0 Å². The van der Waals surface area contributed by atoms with E-state index in [4.69, 9.17) is 4.74 Å². The predicted molar refractivity (Wildman–Crippen MR) is 131 cm³/mol. The number of guanidine groups is 1. The summed E-state index contributed by atoms with van der Waals surface area (Å²) < 4.78 is 6.08. The number of rotatable bonds is 6. The molecule has 2 aliphatic heterocycles. The van der Waals surface area contributed by atoms with E-state index in [0.29, 0.717) is 19.1 Å². The highest BCUT2D eigenvalue weighted by Gasteiger charge is 2.41. The average molecular weight is 529 g/mol. The van der Waals surface area contributed by atoms with Gasteiger partial charge in [-0.15, -0.1) is 24.0 Å². The van der Waals surface area contributed by atoms with E-state index >= 15 is 0 Å². The summed E-state index contributed by atoms with van der Waals surface area (Å²) >= 11 is 0. The first-order valence-corrected chi connectivity index (χ1v) is 10.6. The summed E-state index contributed by atoms with van der Waals surface area (Å²) in [5, 5.41) is 6.31. The lowest BCUT2D eigenvalue weighted by Crippen LogP contribution is -2.50. The van der Waals surface area contributed by atoms with Gasteiger partial charge < -0.3 is 20.3 Å².